The van der Waals surface area contributed by atoms with Gasteiger partial charge in [-0.05, 0) is 26.0 Å². The first-order chi connectivity index (χ1) is 8.99. The summed E-state index contributed by atoms with van der Waals surface area (Å²) < 4.78 is 0. The van der Waals surface area contributed by atoms with Crippen LogP contribution >= 0.6 is 0 Å². The van der Waals surface area contributed by atoms with Crippen LogP contribution in [0, 0.1) is 0 Å². The Balaban J connectivity index is 2.78. The second kappa shape index (κ2) is 6.72. The van der Waals surface area contributed by atoms with E-state index in [4.69, 9.17) is 5.11 Å². The first-order valence-electron chi connectivity index (χ1n) is 6.17. The minimum absolute atomic E-state index is 0.00460. The van der Waals surface area contributed by atoms with E-state index in [9.17, 15) is 9.59 Å². The molecule has 0 bridgehead atoms. The normalized spacial score (nSPS) is 10.1. The van der Waals surface area contributed by atoms with Crippen molar-refractivity contribution in [2.24, 2.45) is 0 Å². The lowest BCUT2D eigenvalue weighted by atomic mass is 10.2. The zero-order valence-corrected chi connectivity index (χ0v) is 11.5. The van der Waals surface area contributed by atoms with Crippen molar-refractivity contribution in [2.75, 3.05) is 31.6 Å². The number of aromatic nitrogens is 1. The van der Waals surface area contributed by atoms with E-state index in [0.717, 1.165) is 0 Å². The largest absolute Gasteiger partial charge is 0.478 e. The number of likely N-dealkylation sites (N-methyl/N-ethyl adjacent to an activating group) is 2. The number of anilines is 1. The molecule has 1 rings (SSSR count). The number of rotatable bonds is 6. The lowest BCUT2D eigenvalue weighted by molar-refractivity contribution is -0.129. The standard InChI is InChI=1S/C13H19N3O3/c1-4-16(5-2)12(17)9-15(3)11-8-10(13(18)19)6-7-14-11/h6-8H,4-5,9H2,1-3H3,(H,18,19). The maximum Gasteiger partial charge on any atom is 0.335 e. The highest BCUT2D eigenvalue weighted by atomic mass is 16.4. The van der Waals surface area contributed by atoms with E-state index in [2.05, 4.69) is 4.98 Å². The predicted octanol–water partition coefficient (Wildman–Crippen LogP) is 1.08. The molecule has 19 heavy (non-hydrogen) atoms. The molecule has 0 spiro atoms. The van der Waals surface area contributed by atoms with Gasteiger partial charge >= 0.3 is 5.97 Å². The molecule has 0 saturated carbocycles. The summed E-state index contributed by atoms with van der Waals surface area (Å²) in [6, 6.07) is 2.88. The number of carboxylic acids is 1. The van der Waals surface area contributed by atoms with Crippen LogP contribution in [0.25, 0.3) is 0 Å². The number of amides is 1. The average molecular weight is 265 g/mol. The fourth-order valence-electron chi connectivity index (χ4n) is 1.72. The van der Waals surface area contributed by atoms with Crippen LogP contribution in [0.15, 0.2) is 18.3 Å². The van der Waals surface area contributed by atoms with Crippen molar-refractivity contribution in [3.8, 4) is 0 Å². The highest BCUT2D eigenvalue weighted by molar-refractivity contribution is 5.88. The van der Waals surface area contributed by atoms with E-state index in [1.54, 1.807) is 16.8 Å². The minimum atomic E-state index is -1.01. The topological polar surface area (TPSA) is 73.7 Å². The zero-order chi connectivity index (χ0) is 14.4. The van der Waals surface area contributed by atoms with E-state index in [0.29, 0.717) is 18.9 Å². The molecular weight excluding hydrogens is 246 g/mol. The van der Waals surface area contributed by atoms with Gasteiger partial charge in [0.1, 0.15) is 5.82 Å². The second-order valence-corrected chi connectivity index (χ2v) is 4.13. The third-order valence-electron chi connectivity index (χ3n) is 2.87. The maximum absolute atomic E-state index is 11.9. The molecule has 0 aliphatic rings. The molecule has 0 fully saturated rings. The van der Waals surface area contributed by atoms with Crippen LogP contribution in [-0.4, -0.2) is 53.5 Å². The Bertz CT molecular complexity index is 458. The van der Waals surface area contributed by atoms with Crippen molar-refractivity contribution < 1.29 is 14.7 Å². The van der Waals surface area contributed by atoms with Gasteiger partial charge in [-0.3, -0.25) is 4.79 Å². The van der Waals surface area contributed by atoms with Crippen molar-refractivity contribution >= 4 is 17.7 Å². The van der Waals surface area contributed by atoms with Gasteiger partial charge in [-0.2, -0.15) is 0 Å². The van der Waals surface area contributed by atoms with E-state index >= 15 is 0 Å². The van der Waals surface area contributed by atoms with Crippen LogP contribution in [0.5, 0.6) is 0 Å². The molecule has 0 saturated heterocycles. The molecular formula is C13H19N3O3. The molecule has 6 nitrogen and oxygen atoms in total. The van der Waals surface area contributed by atoms with E-state index in [-0.39, 0.29) is 18.0 Å². The molecule has 0 atom stereocenters. The predicted molar refractivity (Wildman–Crippen MR) is 72.4 cm³/mol. The summed E-state index contributed by atoms with van der Waals surface area (Å²) in [4.78, 5) is 30.3. The molecule has 6 heteroatoms. The first-order valence-corrected chi connectivity index (χ1v) is 6.17. The number of carbonyl (C=O) groups excluding carboxylic acids is 1. The molecule has 104 valence electrons. The smallest absolute Gasteiger partial charge is 0.335 e. The third kappa shape index (κ3) is 3.94. The SMILES string of the molecule is CCN(CC)C(=O)CN(C)c1cc(C(=O)O)ccn1. The zero-order valence-electron chi connectivity index (χ0n) is 11.5. The third-order valence-corrected chi connectivity index (χ3v) is 2.87. The summed E-state index contributed by atoms with van der Waals surface area (Å²) in [7, 11) is 1.72. The van der Waals surface area contributed by atoms with Gasteiger partial charge < -0.3 is 14.9 Å². The molecule has 0 aliphatic heterocycles. The van der Waals surface area contributed by atoms with E-state index in [1.165, 1.54) is 18.3 Å². The Labute approximate surface area is 112 Å². The molecule has 1 aromatic rings. The minimum Gasteiger partial charge on any atom is -0.478 e. The summed E-state index contributed by atoms with van der Waals surface area (Å²) >= 11 is 0. The van der Waals surface area contributed by atoms with Gasteiger partial charge in [0, 0.05) is 26.3 Å². The van der Waals surface area contributed by atoms with Gasteiger partial charge in [0.15, 0.2) is 0 Å². The van der Waals surface area contributed by atoms with Crippen LogP contribution < -0.4 is 4.90 Å². The van der Waals surface area contributed by atoms with Gasteiger partial charge in [0.05, 0.1) is 12.1 Å². The van der Waals surface area contributed by atoms with Crippen LogP contribution in [-0.2, 0) is 4.79 Å². The summed E-state index contributed by atoms with van der Waals surface area (Å²) in [6.07, 6.45) is 1.43. The quantitative estimate of drug-likeness (QED) is 0.833. The summed E-state index contributed by atoms with van der Waals surface area (Å²) in [5.41, 5.74) is 0.159. The van der Waals surface area contributed by atoms with Crippen molar-refractivity contribution in [1.82, 2.24) is 9.88 Å². The van der Waals surface area contributed by atoms with Crippen molar-refractivity contribution in [3.05, 3.63) is 23.9 Å². The fraction of sp³-hybridized carbons (Fsp3) is 0.462. The Hall–Kier alpha value is -2.11. The Morgan fingerprint density at radius 2 is 1.95 bits per heavy atom. The Kier molecular flexibility index (Phi) is 5.29. The number of aromatic carboxylic acids is 1. The van der Waals surface area contributed by atoms with Crippen LogP contribution in [0.1, 0.15) is 24.2 Å². The lowest BCUT2D eigenvalue weighted by Crippen LogP contribution is -2.39. The average Bonchev–Trinajstić information content (AvgIpc) is 2.40. The van der Waals surface area contributed by atoms with Gasteiger partial charge in [-0.1, -0.05) is 0 Å². The Morgan fingerprint density at radius 1 is 1.32 bits per heavy atom. The number of carbonyl (C=O) groups is 2. The number of hydrogen-bond donors (Lipinski definition) is 1. The number of carboxylic acid groups (broad SMARTS) is 1. The molecule has 0 unspecified atom stereocenters. The Morgan fingerprint density at radius 3 is 2.47 bits per heavy atom. The van der Waals surface area contributed by atoms with Gasteiger partial charge in [-0.15, -0.1) is 0 Å². The van der Waals surface area contributed by atoms with Gasteiger partial charge in [0.25, 0.3) is 0 Å². The highest BCUT2D eigenvalue weighted by Crippen LogP contribution is 2.11. The molecule has 0 aromatic carbocycles. The van der Waals surface area contributed by atoms with E-state index in [1.807, 2.05) is 13.8 Å². The van der Waals surface area contributed by atoms with Crippen LogP contribution in [0.4, 0.5) is 5.82 Å². The molecule has 1 aromatic heterocycles. The molecule has 1 N–H and O–H groups in total. The highest BCUT2D eigenvalue weighted by Gasteiger charge is 2.14. The lowest BCUT2D eigenvalue weighted by Gasteiger charge is -2.23. The van der Waals surface area contributed by atoms with Crippen molar-refractivity contribution in [3.63, 3.8) is 0 Å². The summed E-state index contributed by atoms with van der Waals surface area (Å²) in [5, 5.41) is 8.92. The first kappa shape index (κ1) is 14.9. The molecule has 1 heterocycles. The van der Waals surface area contributed by atoms with Crippen molar-refractivity contribution in [1.29, 1.82) is 0 Å². The van der Waals surface area contributed by atoms with Crippen molar-refractivity contribution in [2.45, 2.75) is 13.8 Å². The molecule has 1 amide bonds. The summed E-state index contributed by atoms with van der Waals surface area (Å²) in [5.74, 6) is -0.539. The number of pyridine rings is 1. The van der Waals surface area contributed by atoms with Gasteiger partial charge in [-0.25, -0.2) is 9.78 Å². The van der Waals surface area contributed by atoms with E-state index < -0.39 is 5.97 Å². The number of nitrogens with zero attached hydrogens (tertiary/aromatic N) is 3. The number of hydrogen-bond acceptors (Lipinski definition) is 4. The molecule has 0 radical (unpaired) electrons. The monoisotopic (exact) mass is 265 g/mol. The van der Waals surface area contributed by atoms with Gasteiger partial charge in [0.2, 0.25) is 5.91 Å². The second-order valence-electron chi connectivity index (χ2n) is 4.13. The maximum atomic E-state index is 11.9. The molecule has 0 aliphatic carbocycles. The van der Waals surface area contributed by atoms with Crippen LogP contribution in [0.2, 0.25) is 0 Å². The van der Waals surface area contributed by atoms with Crippen LogP contribution in [0.3, 0.4) is 0 Å². The fourth-order valence-corrected chi connectivity index (χ4v) is 1.72. The summed E-state index contributed by atoms with van der Waals surface area (Å²) in [6.45, 7) is 5.34.